The van der Waals surface area contributed by atoms with Crippen LogP contribution in [-0.2, 0) is 10.0 Å². The van der Waals surface area contributed by atoms with Gasteiger partial charge in [0.25, 0.3) is 0 Å². The Morgan fingerprint density at radius 2 is 1.88 bits per heavy atom. The van der Waals surface area contributed by atoms with Crippen LogP contribution in [0.4, 0.5) is 5.13 Å². The highest BCUT2D eigenvalue weighted by atomic mass is 32.2. The number of hydrogen-bond acceptors (Lipinski definition) is 7. The van der Waals surface area contributed by atoms with Crippen LogP contribution >= 0.6 is 11.3 Å². The van der Waals surface area contributed by atoms with Crippen molar-refractivity contribution in [3.8, 4) is 0 Å². The first-order valence-corrected chi connectivity index (χ1v) is 10.8. The molecular formula is C17H22N4O3S2. The summed E-state index contributed by atoms with van der Waals surface area (Å²) in [7, 11) is -3.49. The third-order valence-electron chi connectivity index (χ3n) is 4.48. The van der Waals surface area contributed by atoms with E-state index >= 15 is 0 Å². The lowest BCUT2D eigenvalue weighted by molar-refractivity contribution is 0.101. The Bertz CT molecular complexity index is 870. The summed E-state index contributed by atoms with van der Waals surface area (Å²) in [5.74, 6) is 0.430. The molecule has 1 aromatic heterocycles. The predicted octanol–water partition coefficient (Wildman–Crippen LogP) is 2.56. The van der Waals surface area contributed by atoms with E-state index in [1.54, 1.807) is 12.1 Å². The summed E-state index contributed by atoms with van der Waals surface area (Å²) < 4.78 is 26.9. The topological polar surface area (TPSA) is 92.3 Å². The van der Waals surface area contributed by atoms with Crippen molar-refractivity contribution in [1.29, 1.82) is 0 Å². The number of piperidine rings is 1. The zero-order valence-electron chi connectivity index (χ0n) is 14.8. The van der Waals surface area contributed by atoms with Crippen molar-refractivity contribution in [3.05, 3.63) is 34.8 Å². The summed E-state index contributed by atoms with van der Waals surface area (Å²) >= 11 is 1.38. The first-order valence-electron chi connectivity index (χ1n) is 8.53. The average molecular weight is 395 g/mol. The molecule has 1 aliphatic rings. The molecule has 0 spiro atoms. The molecule has 1 fully saturated rings. The Morgan fingerprint density at radius 1 is 1.23 bits per heavy atom. The van der Waals surface area contributed by atoms with E-state index in [-0.39, 0.29) is 17.2 Å². The molecule has 1 aromatic carbocycles. The number of sulfonamides is 1. The number of rotatable bonds is 6. The molecule has 0 aliphatic carbocycles. The Labute approximate surface area is 157 Å². The number of benzene rings is 1. The van der Waals surface area contributed by atoms with Gasteiger partial charge in [-0.2, -0.15) is 4.31 Å². The lowest BCUT2D eigenvalue weighted by Gasteiger charge is -2.29. The molecule has 0 radical (unpaired) electrons. The molecular weight excluding hydrogens is 372 g/mol. The minimum absolute atomic E-state index is 0.0880. The van der Waals surface area contributed by atoms with E-state index in [1.165, 1.54) is 27.8 Å². The molecule has 1 saturated heterocycles. The molecule has 2 heterocycles. The molecule has 140 valence electrons. The van der Waals surface area contributed by atoms with Gasteiger partial charge in [-0.05, 0) is 49.9 Å². The van der Waals surface area contributed by atoms with Gasteiger partial charge < -0.3 is 5.32 Å². The molecule has 1 aliphatic heterocycles. The van der Waals surface area contributed by atoms with Gasteiger partial charge >= 0.3 is 0 Å². The summed E-state index contributed by atoms with van der Waals surface area (Å²) in [6, 6.07) is 6.15. The molecule has 9 heteroatoms. The first kappa shape index (κ1) is 18.9. The Kier molecular flexibility index (Phi) is 5.69. The van der Waals surface area contributed by atoms with Crippen LogP contribution in [0, 0.1) is 12.8 Å². The highest BCUT2D eigenvalue weighted by Gasteiger charge is 2.28. The zero-order chi connectivity index (χ0) is 18.7. The van der Waals surface area contributed by atoms with Crippen molar-refractivity contribution in [2.24, 2.45) is 5.92 Å². The molecule has 2 aromatic rings. The molecule has 1 N–H and O–H groups in total. The van der Waals surface area contributed by atoms with Gasteiger partial charge in [0, 0.05) is 18.7 Å². The fourth-order valence-corrected chi connectivity index (χ4v) is 4.87. The maximum atomic E-state index is 12.7. The summed E-state index contributed by atoms with van der Waals surface area (Å²) in [5, 5.41) is 12.1. The molecule has 0 unspecified atom stereocenters. The SMILES string of the molecule is Cc1nnc(NCC(=O)c2ccc(S(=O)(=O)N3CCC(C)CC3)cc2)s1. The normalized spacial score (nSPS) is 16.5. The highest BCUT2D eigenvalue weighted by molar-refractivity contribution is 7.89. The number of carbonyl (C=O) groups is 1. The van der Waals surface area contributed by atoms with E-state index in [1.807, 2.05) is 6.92 Å². The van der Waals surface area contributed by atoms with Gasteiger partial charge in [0.15, 0.2) is 5.78 Å². The van der Waals surface area contributed by atoms with Crippen LogP contribution in [0.5, 0.6) is 0 Å². The molecule has 0 atom stereocenters. The first-order chi connectivity index (χ1) is 12.4. The highest BCUT2D eigenvalue weighted by Crippen LogP contribution is 2.23. The number of aromatic nitrogens is 2. The van der Waals surface area contributed by atoms with Crippen LogP contribution in [0.3, 0.4) is 0 Å². The minimum Gasteiger partial charge on any atom is -0.353 e. The molecule has 26 heavy (non-hydrogen) atoms. The van der Waals surface area contributed by atoms with Crippen molar-refractivity contribution in [2.75, 3.05) is 25.0 Å². The van der Waals surface area contributed by atoms with E-state index in [0.29, 0.717) is 29.7 Å². The predicted molar refractivity (Wildman–Crippen MR) is 101 cm³/mol. The third-order valence-corrected chi connectivity index (χ3v) is 7.19. The number of nitrogens with one attached hydrogen (secondary N) is 1. The van der Waals surface area contributed by atoms with Gasteiger partial charge in [0.05, 0.1) is 11.4 Å². The second kappa shape index (κ2) is 7.81. The van der Waals surface area contributed by atoms with E-state index in [4.69, 9.17) is 0 Å². The van der Waals surface area contributed by atoms with Gasteiger partial charge in [0.2, 0.25) is 15.2 Å². The fraction of sp³-hybridized carbons (Fsp3) is 0.471. The van der Waals surface area contributed by atoms with Gasteiger partial charge in [-0.25, -0.2) is 8.42 Å². The smallest absolute Gasteiger partial charge is 0.243 e. The fourth-order valence-electron chi connectivity index (χ4n) is 2.81. The third kappa shape index (κ3) is 4.28. The van der Waals surface area contributed by atoms with E-state index < -0.39 is 10.0 Å². The number of Topliss-reactive ketones (excluding diaryl/α,β-unsaturated/α-hetero) is 1. The van der Waals surface area contributed by atoms with Gasteiger partial charge in [-0.1, -0.05) is 18.3 Å². The monoisotopic (exact) mass is 394 g/mol. The quantitative estimate of drug-likeness (QED) is 0.757. The molecule has 3 rings (SSSR count). The minimum atomic E-state index is -3.49. The van der Waals surface area contributed by atoms with Gasteiger partial charge in [-0.3, -0.25) is 4.79 Å². The molecule has 0 bridgehead atoms. The molecule has 7 nitrogen and oxygen atoms in total. The van der Waals surface area contributed by atoms with Crippen LogP contribution in [0.2, 0.25) is 0 Å². The maximum absolute atomic E-state index is 12.7. The van der Waals surface area contributed by atoms with Crippen LogP contribution in [0.1, 0.15) is 35.1 Å². The number of anilines is 1. The average Bonchev–Trinajstić information content (AvgIpc) is 3.05. The summed E-state index contributed by atoms with van der Waals surface area (Å²) in [6.07, 6.45) is 1.76. The second-order valence-corrected chi connectivity index (χ2v) is 9.63. The van der Waals surface area contributed by atoms with Crippen molar-refractivity contribution < 1.29 is 13.2 Å². The number of nitrogens with zero attached hydrogens (tertiary/aromatic N) is 3. The summed E-state index contributed by atoms with van der Waals surface area (Å²) in [5.41, 5.74) is 0.463. The number of ketones is 1. The second-order valence-electron chi connectivity index (χ2n) is 6.51. The number of aryl methyl sites for hydroxylation is 1. The Morgan fingerprint density at radius 3 is 2.46 bits per heavy atom. The van der Waals surface area contributed by atoms with Gasteiger partial charge in [-0.15, -0.1) is 10.2 Å². The van der Waals surface area contributed by atoms with E-state index in [0.717, 1.165) is 17.8 Å². The number of hydrogen-bond donors (Lipinski definition) is 1. The Balaban J connectivity index is 1.64. The van der Waals surface area contributed by atoms with Crippen LogP contribution < -0.4 is 5.32 Å². The maximum Gasteiger partial charge on any atom is 0.243 e. The van der Waals surface area contributed by atoms with Crippen molar-refractivity contribution >= 4 is 32.3 Å². The van der Waals surface area contributed by atoms with Crippen LogP contribution in [0.15, 0.2) is 29.2 Å². The van der Waals surface area contributed by atoms with Gasteiger partial charge in [0.1, 0.15) is 5.01 Å². The van der Waals surface area contributed by atoms with Crippen molar-refractivity contribution in [2.45, 2.75) is 31.6 Å². The van der Waals surface area contributed by atoms with E-state index in [9.17, 15) is 13.2 Å². The van der Waals surface area contributed by atoms with E-state index in [2.05, 4.69) is 22.4 Å². The Hall–Kier alpha value is -1.84. The largest absolute Gasteiger partial charge is 0.353 e. The summed E-state index contributed by atoms with van der Waals surface area (Å²) in [6.45, 7) is 5.17. The summed E-state index contributed by atoms with van der Waals surface area (Å²) in [4.78, 5) is 12.5. The molecule has 0 saturated carbocycles. The zero-order valence-corrected chi connectivity index (χ0v) is 16.4. The number of carbonyl (C=O) groups excluding carboxylic acids is 1. The van der Waals surface area contributed by atoms with Crippen LogP contribution in [0.25, 0.3) is 0 Å². The lowest BCUT2D eigenvalue weighted by Crippen LogP contribution is -2.37. The standard InChI is InChI=1S/C17H22N4O3S2/c1-12-7-9-21(10-8-12)26(23,24)15-5-3-14(4-6-15)16(22)11-18-17-20-19-13(2)25-17/h3-6,12H,7-11H2,1-2H3,(H,18,20). The van der Waals surface area contributed by atoms with Crippen LogP contribution in [-0.4, -0.2) is 48.3 Å². The molecule has 0 amide bonds. The van der Waals surface area contributed by atoms with Crippen molar-refractivity contribution in [3.63, 3.8) is 0 Å². The lowest BCUT2D eigenvalue weighted by atomic mass is 10.0. The van der Waals surface area contributed by atoms with Crippen molar-refractivity contribution in [1.82, 2.24) is 14.5 Å².